The van der Waals surface area contributed by atoms with Crippen LogP contribution in [0.4, 0.5) is 8.78 Å². The normalized spacial score (nSPS) is 11.8. The predicted octanol–water partition coefficient (Wildman–Crippen LogP) is 2.58. The lowest BCUT2D eigenvalue weighted by molar-refractivity contribution is -0.122. The van der Waals surface area contributed by atoms with Gasteiger partial charge in [0.1, 0.15) is 28.5 Å². The second-order valence-corrected chi connectivity index (χ2v) is 8.18. The number of hydrogen-bond donors (Lipinski definition) is 2. The zero-order chi connectivity index (χ0) is 24.1. The van der Waals surface area contributed by atoms with E-state index in [2.05, 4.69) is 31.2 Å². The SMILES string of the molecule is Cc1cc(OCc2ccc(F)cc2F)c(Br)c(=O)n1Cc1cnc(CNC(=O)[C@@H](C)N)cn1. The van der Waals surface area contributed by atoms with Crippen molar-refractivity contribution < 1.29 is 18.3 Å². The minimum absolute atomic E-state index is 0.162. The van der Waals surface area contributed by atoms with Crippen molar-refractivity contribution in [1.82, 2.24) is 19.9 Å². The molecule has 1 atom stereocenters. The van der Waals surface area contributed by atoms with Crippen LogP contribution < -0.4 is 21.3 Å². The minimum Gasteiger partial charge on any atom is -0.487 e. The van der Waals surface area contributed by atoms with Gasteiger partial charge >= 0.3 is 0 Å². The van der Waals surface area contributed by atoms with Crippen molar-refractivity contribution in [3.8, 4) is 5.75 Å². The van der Waals surface area contributed by atoms with Gasteiger partial charge < -0.3 is 20.4 Å². The lowest BCUT2D eigenvalue weighted by atomic mass is 10.2. The number of nitrogens with two attached hydrogens (primary N) is 1. The molecule has 0 aliphatic rings. The van der Waals surface area contributed by atoms with E-state index >= 15 is 0 Å². The first-order valence-corrected chi connectivity index (χ1v) is 10.7. The van der Waals surface area contributed by atoms with Crippen LogP contribution in [0, 0.1) is 18.6 Å². The van der Waals surface area contributed by atoms with Crippen LogP contribution in [-0.2, 0) is 24.5 Å². The number of nitrogens with one attached hydrogen (secondary N) is 1. The van der Waals surface area contributed by atoms with Gasteiger partial charge in [0.25, 0.3) is 5.56 Å². The summed E-state index contributed by atoms with van der Waals surface area (Å²) in [6.07, 6.45) is 3.04. The van der Waals surface area contributed by atoms with Crippen LogP contribution in [-0.4, -0.2) is 26.5 Å². The third-order valence-electron chi connectivity index (χ3n) is 4.75. The Labute approximate surface area is 196 Å². The van der Waals surface area contributed by atoms with E-state index in [-0.39, 0.29) is 46.9 Å². The molecular formula is C22H22BrF2N5O3. The second-order valence-electron chi connectivity index (χ2n) is 7.39. The maximum absolute atomic E-state index is 13.8. The molecule has 1 amide bonds. The molecule has 3 rings (SSSR count). The molecule has 0 unspecified atom stereocenters. The monoisotopic (exact) mass is 521 g/mol. The summed E-state index contributed by atoms with van der Waals surface area (Å²) < 4.78 is 34.1. The smallest absolute Gasteiger partial charge is 0.269 e. The van der Waals surface area contributed by atoms with Gasteiger partial charge in [0.2, 0.25) is 5.91 Å². The summed E-state index contributed by atoms with van der Waals surface area (Å²) in [4.78, 5) is 32.9. The van der Waals surface area contributed by atoms with Crippen LogP contribution in [0.1, 0.15) is 29.6 Å². The molecule has 33 heavy (non-hydrogen) atoms. The molecule has 2 heterocycles. The van der Waals surface area contributed by atoms with E-state index in [9.17, 15) is 18.4 Å². The first-order chi connectivity index (χ1) is 15.7. The molecular weight excluding hydrogens is 500 g/mol. The van der Waals surface area contributed by atoms with Crippen molar-refractivity contribution in [1.29, 1.82) is 0 Å². The highest BCUT2D eigenvalue weighted by molar-refractivity contribution is 9.10. The van der Waals surface area contributed by atoms with E-state index in [0.717, 1.165) is 12.1 Å². The number of pyridine rings is 1. The molecule has 11 heteroatoms. The van der Waals surface area contributed by atoms with Crippen molar-refractivity contribution in [2.24, 2.45) is 5.73 Å². The van der Waals surface area contributed by atoms with Gasteiger partial charge in [-0.3, -0.25) is 19.6 Å². The molecule has 0 aliphatic carbocycles. The van der Waals surface area contributed by atoms with Gasteiger partial charge in [-0.15, -0.1) is 0 Å². The van der Waals surface area contributed by atoms with Crippen LogP contribution in [0.2, 0.25) is 0 Å². The van der Waals surface area contributed by atoms with Crippen LogP contribution in [0.25, 0.3) is 0 Å². The third kappa shape index (κ3) is 6.20. The Kier molecular flexibility index (Phi) is 7.88. The number of amides is 1. The molecule has 3 aromatic rings. The van der Waals surface area contributed by atoms with Gasteiger partial charge in [0, 0.05) is 23.4 Å². The number of halogens is 3. The highest BCUT2D eigenvalue weighted by atomic mass is 79.9. The highest BCUT2D eigenvalue weighted by Crippen LogP contribution is 2.24. The summed E-state index contributed by atoms with van der Waals surface area (Å²) in [5.74, 6) is -1.46. The van der Waals surface area contributed by atoms with E-state index in [1.807, 2.05) is 0 Å². The molecule has 3 N–H and O–H groups in total. The second kappa shape index (κ2) is 10.6. The number of nitrogens with zero attached hydrogens (tertiary/aromatic N) is 3. The maximum Gasteiger partial charge on any atom is 0.269 e. The van der Waals surface area contributed by atoms with E-state index in [1.165, 1.54) is 23.0 Å². The van der Waals surface area contributed by atoms with Crippen LogP contribution in [0.3, 0.4) is 0 Å². The molecule has 0 saturated heterocycles. The maximum atomic E-state index is 13.8. The Morgan fingerprint density at radius 2 is 1.94 bits per heavy atom. The Morgan fingerprint density at radius 3 is 2.58 bits per heavy atom. The summed E-state index contributed by atoms with van der Waals surface area (Å²) in [5.41, 5.74) is 6.98. The number of aromatic nitrogens is 3. The fourth-order valence-electron chi connectivity index (χ4n) is 2.87. The molecule has 0 bridgehead atoms. The summed E-state index contributed by atoms with van der Waals surface area (Å²) in [6, 6.07) is 4.22. The number of carbonyl (C=O) groups is 1. The summed E-state index contributed by atoms with van der Waals surface area (Å²) in [5, 5.41) is 2.65. The molecule has 0 saturated carbocycles. The molecule has 174 valence electrons. The van der Waals surface area contributed by atoms with Gasteiger partial charge in [-0.25, -0.2) is 8.78 Å². The number of aryl methyl sites for hydroxylation is 1. The van der Waals surface area contributed by atoms with Crippen LogP contribution in [0.15, 0.2) is 45.9 Å². The van der Waals surface area contributed by atoms with E-state index in [4.69, 9.17) is 10.5 Å². The quantitative estimate of drug-likeness (QED) is 0.471. The van der Waals surface area contributed by atoms with Crippen molar-refractivity contribution in [3.63, 3.8) is 0 Å². The number of hydrogen-bond acceptors (Lipinski definition) is 6. The largest absolute Gasteiger partial charge is 0.487 e. The Morgan fingerprint density at radius 1 is 1.24 bits per heavy atom. The fraction of sp³-hybridized carbons (Fsp3) is 0.273. The van der Waals surface area contributed by atoms with E-state index < -0.39 is 17.7 Å². The first-order valence-electron chi connectivity index (χ1n) is 9.95. The topological polar surface area (TPSA) is 112 Å². The zero-order valence-corrected chi connectivity index (χ0v) is 19.5. The Balaban J connectivity index is 1.71. The van der Waals surface area contributed by atoms with Crippen LogP contribution >= 0.6 is 15.9 Å². The lowest BCUT2D eigenvalue weighted by Crippen LogP contribution is -2.38. The van der Waals surface area contributed by atoms with Gasteiger partial charge in [-0.1, -0.05) is 0 Å². The average Bonchev–Trinajstić information content (AvgIpc) is 2.78. The number of benzene rings is 1. The van der Waals surface area contributed by atoms with Crippen molar-refractivity contribution in [3.05, 3.63) is 85.8 Å². The number of ether oxygens (including phenoxy) is 1. The summed E-state index contributed by atoms with van der Waals surface area (Å²) in [6.45, 7) is 3.50. The van der Waals surface area contributed by atoms with Gasteiger partial charge in [-0.05, 0) is 41.9 Å². The summed E-state index contributed by atoms with van der Waals surface area (Å²) in [7, 11) is 0. The fourth-order valence-corrected chi connectivity index (χ4v) is 3.31. The third-order valence-corrected chi connectivity index (χ3v) is 5.48. The molecule has 1 aromatic carbocycles. The molecule has 0 fully saturated rings. The zero-order valence-electron chi connectivity index (χ0n) is 17.9. The van der Waals surface area contributed by atoms with Crippen molar-refractivity contribution in [2.75, 3.05) is 0 Å². The molecule has 0 spiro atoms. The van der Waals surface area contributed by atoms with E-state index in [0.29, 0.717) is 17.1 Å². The molecule has 0 radical (unpaired) electrons. The molecule has 8 nitrogen and oxygen atoms in total. The van der Waals surface area contributed by atoms with Gasteiger partial charge in [0.15, 0.2) is 0 Å². The van der Waals surface area contributed by atoms with Gasteiger partial charge in [-0.2, -0.15) is 0 Å². The highest BCUT2D eigenvalue weighted by Gasteiger charge is 2.14. The van der Waals surface area contributed by atoms with E-state index in [1.54, 1.807) is 19.9 Å². The van der Waals surface area contributed by atoms with Crippen molar-refractivity contribution >= 4 is 21.8 Å². The predicted molar refractivity (Wildman–Crippen MR) is 120 cm³/mol. The molecule has 2 aromatic heterocycles. The number of rotatable bonds is 8. The Hall–Kier alpha value is -3.18. The number of carbonyl (C=O) groups excluding carboxylic acids is 1. The standard InChI is InChI=1S/C22H22BrF2N5O3/c1-12-5-19(33-11-14-3-4-15(24)6-18(14)25)20(23)22(32)30(12)10-17-9-27-16(7-28-17)8-29-21(31)13(2)26/h3-7,9,13H,8,10-11,26H2,1-2H3,(H,29,31)/t13-/m1/s1. The lowest BCUT2D eigenvalue weighted by Gasteiger charge is -2.14. The molecule has 0 aliphatic heterocycles. The van der Waals surface area contributed by atoms with Crippen LogP contribution in [0.5, 0.6) is 5.75 Å². The van der Waals surface area contributed by atoms with Gasteiger partial charge in [0.05, 0.1) is 42.9 Å². The summed E-state index contributed by atoms with van der Waals surface area (Å²) >= 11 is 3.24. The van der Waals surface area contributed by atoms with Crippen molar-refractivity contribution in [2.45, 2.75) is 39.6 Å². The first kappa shape index (κ1) is 24.5. The Bertz CT molecular complexity index is 1220. The minimum atomic E-state index is -0.727. The average molecular weight is 522 g/mol.